The van der Waals surface area contributed by atoms with Crippen molar-refractivity contribution in [3.8, 4) is 0 Å². The van der Waals surface area contributed by atoms with E-state index in [1.54, 1.807) is 0 Å². The molecule has 0 N–H and O–H groups in total. The molecule has 3 atom stereocenters. The van der Waals surface area contributed by atoms with Crippen molar-refractivity contribution in [3.05, 3.63) is 41.0 Å². The number of allylic oxidation sites excluding steroid dienone is 1. The van der Waals surface area contributed by atoms with Gasteiger partial charge in [0.25, 0.3) is 0 Å². The van der Waals surface area contributed by atoms with Gasteiger partial charge in [0.15, 0.2) is 0 Å². The van der Waals surface area contributed by atoms with Crippen LogP contribution in [0.3, 0.4) is 0 Å². The van der Waals surface area contributed by atoms with Crippen LogP contribution < -0.4 is 0 Å². The minimum atomic E-state index is -0.00305. The predicted molar refractivity (Wildman–Crippen MR) is 69.1 cm³/mol. The Morgan fingerprint density at radius 3 is 3.22 bits per heavy atom. The van der Waals surface area contributed by atoms with E-state index in [1.807, 2.05) is 6.92 Å². The molecule has 0 amide bonds. The number of hydrogen-bond acceptors (Lipinski definition) is 2. The fourth-order valence-corrected chi connectivity index (χ4v) is 4.19. The third kappa shape index (κ3) is 1.02. The Labute approximate surface area is 107 Å². The van der Waals surface area contributed by atoms with Gasteiger partial charge < -0.3 is 4.74 Å². The van der Waals surface area contributed by atoms with Crippen LogP contribution in [0.2, 0.25) is 0 Å². The third-order valence-electron chi connectivity index (χ3n) is 4.88. The maximum atomic E-state index is 12.1. The smallest absolute Gasteiger partial charge is 0.310 e. The molecule has 0 aliphatic heterocycles. The van der Waals surface area contributed by atoms with Crippen molar-refractivity contribution in [1.82, 2.24) is 0 Å². The predicted octanol–water partition coefficient (Wildman–Crippen LogP) is 2.71. The maximum absolute atomic E-state index is 12.1. The SMILES string of the molecule is CCOC(=O)[C@@H]1[C@H]2C=Cc3cccc4c3[C@]21CC4. The van der Waals surface area contributed by atoms with Gasteiger partial charge in [0, 0.05) is 11.3 Å². The van der Waals surface area contributed by atoms with Gasteiger partial charge in [-0.05, 0) is 36.5 Å². The van der Waals surface area contributed by atoms with Crippen molar-refractivity contribution >= 4 is 12.0 Å². The van der Waals surface area contributed by atoms with E-state index in [4.69, 9.17) is 4.74 Å². The molecular formula is C16H16O2. The molecule has 0 bridgehead atoms. The highest BCUT2D eigenvalue weighted by atomic mass is 16.5. The normalized spacial score (nSPS) is 33.8. The van der Waals surface area contributed by atoms with Crippen LogP contribution in [0, 0.1) is 11.8 Å². The van der Waals surface area contributed by atoms with Crippen molar-refractivity contribution in [2.45, 2.75) is 25.2 Å². The molecule has 2 nitrogen and oxygen atoms in total. The highest BCUT2D eigenvalue weighted by Crippen LogP contribution is 2.69. The zero-order valence-corrected chi connectivity index (χ0v) is 10.5. The van der Waals surface area contributed by atoms with Crippen molar-refractivity contribution in [3.63, 3.8) is 0 Å². The summed E-state index contributed by atoms with van der Waals surface area (Å²) in [6, 6.07) is 6.50. The lowest BCUT2D eigenvalue weighted by molar-refractivity contribution is -0.145. The number of rotatable bonds is 2. The highest BCUT2D eigenvalue weighted by molar-refractivity contribution is 5.85. The van der Waals surface area contributed by atoms with Crippen LogP contribution in [0.1, 0.15) is 30.0 Å². The average molecular weight is 240 g/mol. The molecule has 3 aliphatic carbocycles. The molecule has 0 aromatic heterocycles. The average Bonchev–Trinajstić information content (AvgIpc) is 2.89. The molecule has 1 fully saturated rings. The van der Waals surface area contributed by atoms with Crippen molar-refractivity contribution in [2.24, 2.45) is 11.8 Å². The Bertz CT molecular complexity index is 572. The van der Waals surface area contributed by atoms with E-state index in [-0.39, 0.29) is 17.3 Å². The van der Waals surface area contributed by atoms with E-state index in [0.717, 1.165) is 12.8 Å². The van der Waals surface area contributed by atoms with Gasteiger partial charge in [-0.25, -0.2) is 0 Å². The summed E-state index contributed by atoms with van der Waals surface area (Å²) in [4.78, 5) is 12.1. The van der Waals surface area contributed by atoms with Gasteiger partial charge in [-0.1, -0.05) is 30.4 Å². The van der Waals surface area contributed by atoms with Crippen LogP contribution in [-0.4, -0.2) is 12.6 Å². The quantitative estimate of drug-likeness (QED) is 0.743. The minimum absolute atomic E-state index is 0.00305. The largest absolute Gasteiger partial charge is 0.466 e. The van der Waals surface area contributed by atoms with E-state index in [9.17, 15) is 4.79 Å². The van der Waals surface area contributed by atoms with Gasteiger partial charge >= 0.3 is 5.97 Å². The van der Waals surface area contributed by atoms with Crippen LogP contribution in [0.4, 0.5) is 0 Å². The topological polar surface area (TPSA) is 26.3 Å². The molecule has 0 saturated heterocycles. The third-order valence-corrected chi connectivity index (χ3v) is 4.88. The molecule has 1 saturated carbocycles. The van der Waals surface area contributed by atoms with Crippen LogP contribution in [-0.2, 0) is 21.4 Å². The zero-order valence-electron chi connectivity index (χ0n) is 10.5. The van der Waals surface area contributed by atoms with Gasteiger partial charge in [-0.2, -0.15) is 0 Å². The van der Waals surface area contributed by atoms with E-state index in [0.29, 0.717) is 12.5 Å². The molecule has 1 aromatic rings. The van der Waals surface area contributed by atoms with Crippen molar-refractivity contribution in [1.29, 1.82) is 0 Å². The molecule has 4 rings (SSSR count). The molecule has 3 aliphatic rings. The summed E-state index contributed by atoms with van der Waals surface area (Å²) in [5.74, 6) is 0.447. The Kier molecular flexibility index (Phi) is 1.87. The summed E-state index contributed by atoms with van der Waals surface area (Å²) < 4.78 is 5.25. The Hall–Kier alpha value is -1.57. The fraction of sp³-hybridized carbons (Fsp3) is 0.438. The molecule has 0 heterocycles. The fourth-order valence-electron chi connectivity index (χ4n) is 4.19. The van der Waals surface area contributed by atoms with Gasteiger partial charge in [0.05, 0.1) is 12.5 Å². The molecule has 2 heteroatoms. The highest BCUT2D eigenvalue weighted by Gasteiger charge is 2.71. The molecule has 92 valence electrons. The Balaban J connectivity index is 1.82. The molecule has 0 unspecified atom stereocenters. The lowest BCUT2D eigenvalue weighted by atomic mass is 9.86. The summed E-state index contributed by atoms with van der Waals surface area (Å²) in [7, 11) is 0. The summed E-state index contributed by atoms with van der Waals surface area (Å²) >= 11 is 0. The second kappa shape index (κ2) is 3.25. The van der Waals surface area contributed by atoms with Crippen LogP contribution in [0.5, 0.6) is 0 Å². The zero-order chi connectivity index (χ0) is 12.3. The lowest BCUT2D eigenvalue weighted by Crippen LogP contribution is -2.16. The molecule has 1 spiro atoms. The van der Waals surface area contributed by atoms with Crippen molar-refractivity contribution < 1.29 is 9.53 Å². The van der Waals surface area contributed by atoms with Gasteiger partial charge in [0.1, 0.15) is 0 Å². The standard InChI is InChI=1S/C16H16O2/c1-2-18-15(17)14-12-7-6-10-4-3-5-11-8-9-16(12,14)13(10)11/h3-7,12,14H,2,8-9H2,1H3/t12-,14+,16+/m1/s1. The summed E-state index contributed by atoms with van der Waals surface area (Å²) in [6.45, 7) is 2.36. The Morgan fingerprint density at radius 2 is 2.39 bits per heavy atom. The summed E-state index contributed by atoms with van der Waals surface area (Å²) in [5.41, 5.74) is 4.28. The monoisotopic (exact) mass is 240 g/mol. The van der Waals surface area contributed by atoms with E-state index in [1.165, 1.54) is 16.7 Å². The second-order valence-electron chi connectivity index (χ2n) is 5.54. The molecule has 18 heavy (non-hydrogen) atoms. The molecule has 0 radical (unpaired) electrons. The number of carbonyl (C=O) groups is 1. The number of aryl methyl sites for hydroxylation is 1. The van der Waals surface area contributed by atoms with Crippen LogP contribution >= 0.6 is 0 Å². The lowest BCUT2D eigenvalue weighted by Gasteiger charge is -2.17. The summed E-state index contributed by atoms with van der Waals surface area (Å²) in [5, 5.41) is 0. The minimum Gasteiger partial charge on any atom is -0.466 e. The molecule has 1 aromatic carbocycles. The molecular weight excluding hydrogens is 224 g/mol. The first kappa shape index (κ1) is 10.4. The first-order chi connectivity index (χ1) is 8.79. The first-order valence-corrected chi connectivity index (χ1v) is 6.76. The van der Waals surface area contributed by atoms with Crippen LogP contribution in [0.25, 0.3) is 6.08 Å². The maximum Gasteiger partial charge on any atom is 0.310 e. The van der Waals surface area contributed by atoms with Crippen LogP contribution in [0.15, 0.2) is 24.3 Å². The van der Waals surface area contributed by atoms with Gasteiger partial charge in [0.2, 0.25) is 0 Å². The number of esters is 1. The number of carbonyl (C=O) groups excluding carboxylic acids is 1. The van der Waals surface area contributed by atoms with Gasteiger partial charge in [-0.3, -0.25) is 4.79 Å². The number of benzene rings is 1. The van der Waals surface area contributed by atoms with E-state index >= 15 is 0 Å². The first-order valence-electron chi connectivity index (χ1n) is 6.76. The van der Waals surface area contributed by atoms with E-state index in [2.05, 4.69) is 30.4 Å². The van der Waals surface area contributed by atoms with Crippen molar-refractivity contribution in [2.75, 3.05) is 6.61 Å². The number of ether oxygens (including phenoxy) is 1. The Morgan fingerprint density at radius 1 is 1.50 bits per heavy atom. The summed E-state index contributed by atoms with van der Waals surface area (Å²) in [6.07, 6.45) is 6.63. The number of hydrogen-bond donors (Lipinski definition) is 0. The van der Waals surface area contributed by atoms with E-state index < -0.39 is 0 Å². The second-order valence-corrected chi connectivity index (χ2v) is 5.54. The van der Waals surface area contributed by atoms with Gasteiger partial charge in [-0.15, -0.1) is 0 Å².